The minimum atomic E-state index is -3.73. The molecular formula is C15H19NO4S. The average molecular weight is 309 g/mol. The molecule has 2 rings (SSSR count). The summed E-state index contributed by atoms with van der Waals surface area (Å²) in [5.41, 5.74) is 1.87. The first-order chi connectivity index (χ1) is 9.87. The second-order valence-electron chi connectivity index (χ2n) is 4.99. The second-order valence-corrected chi connectivity index (χ2v) is 6.85. The first kappa shape index (κ1) is 15.6. The maximum absolute atomic E-state index is 12.7. The Balaban J connectivity index is 2.40. The summed E-state index contributed by atoms with van der Waals surface area (Å²) < 4.78 is 31.5. The van der Waals surface area contributed by atoms with Gasteiger partial charge in [-0.3, -0.25) is 4.31 Å². The highest BCUT2D eigenvalue weighted by Gasteiger charge is 2.36. The minimum absolute atomic E-state index is 0.150. The lowest BCUT2D eigenvalue weighted by atomic mass is 10.2. The number of hydrogen-bond acceptors (Lipinski definition) is 4. The number of benzene rings is 1. The molecule has 1 heterocycles. The van der Waals surface area contributed by atoms with Crippen molar-refractivity contribution in [2.24, 2.45) is 0 Å². The molecule has 0 saturated carbocycles. The van der Waals surface area contributed by atoms with E-state index in [1.807, 2.05) is 6.92 Å². The van der Waals surface area contributed by atoms with Gasteiger partial charge in [-0.1, -0.05) is 17.7 Å². The molecule has 1 aromatic rings. The van der Waals surface area contributed by atoms with Crippen LogP contribution in [0.15, 0.2) is 40.4 Å². The summed E-state index contributed by atoms with van der Waals surface area (Å²) in [4.78, 5) is 12.2. The van der Waals surface area contributed by atoms with Crippen molar-refractivity contribution in [2.45, 2.75) is 32.1 Å². The van der Waals surface area contributed by atoms with Gasteiger partial charge in [-0.2, -0.15) is 0 Å². The molecule has 1 aromatic carbocycles. The molecule has 21 heavy (non-hydrogen) atoms. The lowest BCUT2D eigenvalue weighted by molar-refractivity contribution is -0.139. The monoisotopic (exact) mass is 309 g/mol. The molecule has 0 spiro atoms. The zero-order valence-corrected chi connectivity index (χ0v) is 13.2. The van der Waals surface area contributed by atoms with Crippen LogP contribution in [0.25, 0.3) is 0 Å². The standard InChI is InChI=1S/C15H19NO4S/c1-4-20-15(17)14-12(3)9-10-16(14)21(18,19)13-7-5-11(2)6-8-13/h5-8H,4,9-10H2,1-3H3. The molecule has 0 radical (unpaired) electrons. The maximum Gasteiger partial charge on any atom is 0.355 e. The normalized spacial score (nSPS) is 15.5. The molecule has 0 unspecified atom stereocenters. The van der Waals surface area contributed by atoms with E-state index in [1.165, 1.54) is 0 Å². The van der Waals surface area contributed by atoms with E-state index in [2.05, 4.69) is 0 Å². The van der Waals surface area contributed by atoms with E-state index in [1.54, 1.807) is 38.1 Å². The van der Waals surface area contributed by atoms with Crippen molar-refractivity contribution in [1.29, 1.82) is 0 Å². The number of carbonyl (C=O) groups is 1. The zero-order chi connectivity index (χ0) is 15.6. The molecule has 0 N–H and O–H groups in total. The van der Waals surface area contributed by atoms with Gasteiger partial charge in [-0.15, -0.1) is 0 Å². The number of carbonyl (C=O) groups excluding carboxylic acids is 1. The highest BCUT2D eigenvalue weighted by atomic mass is 32.2. The van der Waals surface area contributed by atoms with E-state index in [0.717, 1.165) is 15.4 Å². The van der Waals surface area contributed by atoms with Crippen LogP contribution in [0.4, 0.5) is 0 Å². The summed E-state index contributed by atoms with van der Waals surface area (Å²) in [7, 11) is -3.73. The Kier molecular flexibility index (Phi) is 4.37. The van der Waals surface area contributed by atoms with Crippen molar-refractivity contribution in [2.75, 3.05) is 13.2 Å². The van der Waals surface area contributed by atoms with Crippen LogP contribution in [0, 0.1) is 6.92 Å². The number of nitrogens with zero attached hydrogens (tertiary/aromatic N) is 1. The predicted molar refractivity (Wildman–Crippen MR) is 79.0 cm³/mol. The van der Waals surface area contributed by atoms with Crippen LogP contribution in [0.3, 0.4) is 0 Å². The summed E-state index contributed by atoms with van der Waals surface area (Å²) in [6.07, 6.45) is 0.541. The molecule has 0 fully saturated rings. The number of esters is 1. The fourth-order valence-corrected chi connectivity index (χ4v) is 3.80. The van der Waals surface area contributed by atoms with E-state index < -0.39 is 16.0 Å². The summed E-state index contributed by atoms with van der Waals surface area (Å²) in [6, 6.07) is 6.59. The van der Waals surface area contributed by atoms with Crippen LogP contribution in [0.5, 0.6) is 0 Å². The van der Waals surface area contributed by atoms with Gasteiger partial charge in [-0.05, 0) is 44.9 Å². The third-order valence-corrected chi connectivity index (χ3v) is 5.23. The SMILES string of the molecule is CCOC(=O)C1=C(C)CCN1S(=O)(=O)c1ccc(C)cc1. The van der Waals surface area contributed by atoms with E-state index in [9.17, 15) is 13.2 Å². The van der Waals surface area contributed by atoms with Gasteiger partial charge in [0.05, 0.1) is 11.5 Å². The summed E-state index contributed by atoms with van der Waals surface area (Å²) >= 11 is 0. The van der Waals surface area contributed by atoms with Crippen LogP contribution in [0.2, 0.25) is 0 Å². The highest BCUT2D eigenvalue weighted by Crippen LogP contribution is 2.30. The second kappa shape index (κ2) is 5.89. The van der Waals surface area contributed by atoms with Gasteiger partial charge in [-0.25, -0.2) is 13.2 Å². The number of hydrogen-bond donors (Lipinski definition) is 0. The Labute approximate surface area is 125 Å². The number of rotatable bonds is 4. The zero-order valence-electron chi connectivity index (χ0n) is 12.4. The average Bonchev–Trinajstić information content (AvgIpc) is 2.82. The number of ether oxygens (including phenoxy) is 1. The van der Waals surface area contributed by atoms with E-state index >= 15 is 0 Å². The van der Waals surface area contributed by atoms with Crippen molar-refractivity contribution < 1.29 is 17.9 Å². The topological polar surface area (TPSA) is 63.7 Å². The third kappa shape index (κ3) is 2.95. The molecule has 0 aromatic heterocycles. The van der Waals surface area contributed by atoms with Gasteiger partial charge in [0.15, 0.2) is 0 Å². The van der Waals surface area contributed by atoms with Crippen molar-refractivity contribution in [1.82, 2.24) is 4.31 Å². The summed E-state index contributed by atoms with van der Waals surface area (Å²) in [5.74, 6) is -0.580. The number of sulfonamides is 1. The smallest absolute Gasteiger partial charge is 0.355 e. The molecule has 0 amide bonds. The van der Waals surface area contributed by atoms with E-state index in [4.69, 9.17) is 4.74 Å². The predicted octanol–water partition coefficient (Wildman–Crippen LogP) is 2.23. The third-order valence-electron chi connectivity index (χ3n) is 3.42. The molecule has 0 saturated heterocycles. The van der Waals surface area contributed by atoms with Crippen LogP contribution >= 0.6 is 0 Å². The molecule has 0 bridgehead atoms. The maximum atomic E-state index is 12.7. The Morgan fingerprint density at radius 1 is 1.24 bits per heavy atom. The fourth-order valence-electron chi connectivity index (χ4n) is 2.27. The first-order valence-electron chi connectivity index (χ1n) is 6.84. The van der Waals surface area contributed by atoms with Crippen LogP contribution in [-0.2, 0) is 19.6 Å². The van der Waals surface area contributed by atoms with Crippen molar-refractivity contribution >= 4 is 16.0 Å². The Bertz CT molecular complexity index is 674. The largest absolute Gasteiger partial charge is 0.461 e. The summed E-state index contributed by atoms with van der Waals surface area (Å²) in [6.45, 7) is 5.84. The molecule has 0 aliphatic carbocycles. The van der Waals surface area contributed by atoms with Crippen LogP contribution in [0.1, 0.15) is 25.8 Å². The van der Waals surface area contributed by atoms with Crippen molar-refractivity contribution in [3.63, 3.8) is 0 Å². The van der Waals surface area contributed by atoms with E-state index in [0.29, 0.717) is 6.42 Å². The minimum Gasteiger partial charge on any atom is -0.461 e. The molecular weight excluding hydrogens is 290 g/mol. The first-order valence-corrected chi connectivity index (χ1v) is 8.28. The molecule has 0 atom stereocenters. The lowest BCUT2D eigenvalue weighted by Crippen LogP contribution is -2.32. The van der Waals surface area contributed by atoms with Gasteiger partial charge in [0, 0.05) is 6.54 Å². The molecule has 114 valence electrons. The van der Waals surface area contributed by atoms with Gasteiger partial charge < -0.3 is 4.74 Å². The highest BCUT2D eigenvalue weighted by molar-refractivity contribution is 7.89. The fraction of sp³-hybridized carbons (Fsp3) is 0.400. The van der Waals surface area contributed by atoms with Gasteiger partial charge in [0.1, 0.15) is 5.70 Å². The Morgan fingerprint density at radius 3 is 2.43 bits per heavy atom. The van der Waals surface area contributed by atoms with E-state index in [-0.39, 0.29) is 23.7 Å². The Morgan fingerprint density at radius 2 is 1.86 bits per heavy atom. The number of aryl methyl sites for hydroxylation is 1. The van der Waals surface area contributed by atoms with Crippen LogP contribution in [-0.4, -0.2) is 31.8 Å². The lowest BCUT2D eigenvalue weighted by Gasteiger charge is -2.21. The quantitative estimate of drug-likeness (QED) is 0.800. The van der Waals surface area contributed by atoms with Crippen molar-refractivity contribution in [3.05, 3.63) is 41.1 Å². The molecule has 1 aliphatic rings. The van der Waals surface area contributed by atoms with Gasteiger partial charge in [0.2, 0.25) is 0 Å². The van der Waals surface area contributed by atoms with Crippen molar-refractivity contribution in [3.8, 4) is 0 Å². The van der Waals surface area contributed by atoms with Gasteiger partial charge in [0.25, 0.3) is 10.0 Å². The summed E-state index contributed by atoms with van der Waals surface area (Å²) in [5, 5.41) is 0. The molecule has 1 aliphatic heterocycles. The van der Waals surface area contributed by atoms with Gasteiger partial charge >= 0.3 is 5.97 Å². The Hall–Kier alpha value is -1.82. The molecule has 6 heteroatoms. The molecule has 5 nitrogen and oxygen atoms in total. The van der Waals surface area contributed by atoms with Crippen LogP contribution < -0.4 is 0 Å².